The Balaban J connectivity index is 2.79. The normalized spacial score (nSPS) is 11.1. The fourth-order valence-corrected chi connectivity index (χ4v) is 1.35. The average Bonchev–Trinajstić information content (AvgIpc) is 2.29. The summed E-state index contributed by atoms with van der Waals surface area (Å²) >= 11 is 0. The molecule has 0 amide bonds. The van der Waals surface area contributed by atoms with Gasteiger partial charge < -0.3 is 15.8 Å². The van der Waals surface area contributed by atoms with Gasteiger partial charge in [-0.05, 0) is 18.2 Å². The van der Waals surface area contributed by atoms with Crippen molar-refractivity contribution in [3.05, 3.63) is 23.8 Å². The highest BCUT2D eigenvalue weighted by atomic mass is 19.4. The Morgan fingerprint density at radius 1 is 1.44 bits per heavy atom. The zero-order valence-corrected chi connectivity index (χ0v) is 9.67. The molecule has 1 aromatic rings. The summed E-state index contributed by atoms with van der Waals surface area (Å²) in [6.45, 7) is 0.0552. The highest BCUT2D eigenvalue weighted by molar-refractivity contribution is 5.70. The summed E-state index contributed by atoms with van der Waals surface area (Å²) < 4.78 is 42.5. The first-order valence-electron chi connectivity index (χ1n) is 5.12. The van der Waals surface area contributed by atoms with Crippen LogP contribution in [0.15, 0.2) is 18.2 Å². The molecule has 0 aromatic heterocycles. The van der Waals surface area contributed by atoms with Crippen molar-refractivity contribution in [2.24, 2.45) is 0 Å². The Labute approximate surface area is 102 Å². The number of anilines is 2. The average molecular weight is 262 g/mol. The van der Waals surface area contributed by atoms with E-state index in [9.17, 15) is 18.0 Å². The van der Waals surface area contributed by atoms with Gasteiger partial charge in [0.15, 0.2) is 0 Å². The number of carbonyl (C=O) groups is 1. The second-order valence-electron chi connectivity index (χ2n) is 3.56. The Bertz CT molecular complexity index is 433. The van der Waals surface area contributed by atoms with Crippen LogP contribution < -0.4 is 11.1 Å². The molecule has 0 aliphatic rings. The first-order valence-corrected chi connectivity index (χ1v) is 5.12. The lowest BCUT2D eigenvalue weighted by Gasteiger charge is -2.14. The van der Waals surface area contributed by atoms with Crippen molar-refractivity contribution in [2.75, 3.05) is 24.7 Å². The van der Waals surface area contributed by atoms with Crippen LogP contribution in [0.3, 0.4) is 0 Å². The molecule has 7 heteroatoms. The van der Waals surface area contributed by atoms with Gasteiger partial charge in [0, 0.05) is 17.9 Å². The third kappa shape index (κ3) is 3.83. The minimum absolute atomic E-state index is 0.0157. The summed E-state index contributed by atoms with van der Waals surface area (Å²) in [5.74, 6) is -0.494. The molecule has 0 spiro atoms. The molecule has 0 aliphatic heterocycles. The van der Waals surface area contributed by atoms with Gasteiger partial charge in [-0.1, -0.05) is 0 Å². The van der Waals surface area contributed by atoms with E-state index in [1.54, 1.807) is 0 Å². The van der Waals surface area contributed by atoms with Crippen molar-refractivity contribution >= 4 is 17.3 Å². The minimum Gasteiger partial charge on any atom is -0.469 e. The zero-order valence-electron chi connectivity index (χ0n) is 9.67. The quantitative estimate of drug-likeness (QED) is 0.645. The van der Waals surface area contributed by atoms with Gasteiger partial charge in [-0.25, -0.2) is 0 Å². The van der Waals surface area contributed by atoms with Crippen LogP contribution in [-0.4, -0.2) is 19.6 Å². The molecule has 0 atom stereocenters. The van der Waals surface area contributed by atoms with Crippen molar-refractivity contribution in [3.8, 4) is 0 Å². The Kier molecular flexibility index (Phi) is 4.41. The lowest BCUT2D eigenvalue weighted by molar-refractivity contribution is -0.140. The van der Waals surface area contributed by atoms with Crippen LogP contribution in [0.5, 0.6) is 0 Å². The summed E-state index contributed by atoms with van der Waals surface area (Å²) in [5, 5.41) is 2.54. The number of hydrogen-bond acceptors (Lipinski definition) is 4. The number of nitrogen functional groups attached to an aromatic ring is 1. The van der Waals surface area contributed by atoms with Crippen molar-refractivity contribution in [2.45, 2.75) is 12.6 Å². The van der Waals surface area contributed by atoms with E-state index in [1.807, 2.05) is 0 Å². The second-order valence-corrected chi connectivity index (χ2v) is 3.56. The molecule has 18 heavy (non-hydrogen) atoms. The van der Waals surface area contributed by atoms with E-state index in [1.165, 1.54) is 19.2 Å². The number of esters is 1. The maximum absolute atomic E-state index is 12.7. The highest BCUT2D eigenvalue weighted by Gasteiger charge is 2.33. The number of ether oxygens (including phenoxy) is 1. The maximum Gasteiger partial charge on any atom is 0.418 e. The number of benzene rings is 1. The van der Waals surface area contributed by atoms with Crippen LogP contribution in [-0.2, 0) is 15.7 Å². The number of carbonyl (C=O) groups excluding carboxylic acids is 1. The van der Waals surface area contributed by atoms with Gasteiger partial charge in [0.2, 0.25) is 0 Å². The molecule has 0 bridgehead atoms. The number of nitrogens with one attached hydrogen (secondary N) is 1. The van der Waals surface area contributed by atoms with Crippen LogP contribution in [0, 0.1) is 0 Å². The smallest absolute Gasteiger partial charge is 0.418 e. The van der Waals surface area contributed by atoms with Gasteiger partial charge in [-0.2, -0.15) is 13.2 Å². The molecule has 0 saturated heterocycles. The Hall–Kier alpha value is -1.92. The summed E-state index contributed by atoms with van der Waals surface area (Å²) in [6, 6.07) is 3.44. The van der Waals surface area contributed by atoms with Gasteiger partial charge >= 0.3 is 12.1 Å². The monoisotopic (exact) mass is 262 g/mol. The molecule has 0 radical (unpaired) electrons. The number of nitrogens with two attached hydrogens (primary N) is 1. The summed E-state index contributed by atoms with van der Waals surface area (Å²) in [7, 11) is 1.21. The van der Waals surface area contributed by atoms with Gasteiger partial charge in [-0.3, -0.25) is 4.79 Å². The van der Waals surface area contributed by atoms with Crippen molar-refractivity contribution in [1.82, 2.24) is 0 Å². The Morgan fingerprint density at radius 3 is 2.67 bits per heavy atom. The standard InChI is InChI=1S/C11H13F3N2O2/c1-18-10(17)4-5-16-9-3-2-7(15)6-8(9)11(12,13)14/h2-3,6,16H,4-5,15H2,1H3. The second kappa shape index (κ2) is 5.61. The third-order valence-electron chi connectivity index (χ3n) is 2.22. The number of halogens is 3. The van der Waals surface area contributed by atoms with Gasteiger partial charge in [-0.15, -0.1) is 0 Å². The van der Waals surface area contributed by atoms with E-state index in [0.717, 1.165) is 6.07 Å². The fourth-order valence-electron chi connectivity index (χ4n) is 1.35. The molecule has 0 aliphatic carbocycles. The van der Waals surface area contributed by atoms with Crippen LogP contribution in [0.1, 0.15) is 12.0 Å². The van der Waals surface area contributed by atoms with E-state index in [0.29, 0.717) is 0 Å². The molecule has 1 aromatic carbocycles. The van der Waals surface area contributed by atoms with Crippen LogP contribution in [0.2, 0.25) is 0 Å². The van der Waals surface area contributed by atoms with Gasteiger partial charge in [0.05, 0.1) is 19.1 Å². The predicted octanol–water partition coefficient (Wildman–Crippen LogP) is 2.26. The highest BCUT2D eigenvalue weighted by Crippen LogP contribution is 2.35. The van der Waals surface area contributed by atoms with E-state index < -0.39 is 17.7 Å². The predicted molar refractivity (Wildman–Crippen MR) is 61.0 cm³/mol. The molecule has 1 rings (SSSR count). The molecule has 0 unspecified atom stereocenters. The molecule has 100 valence electrons. The molecule has 3 N–H and O–H groups in total. The number of alkyl halides is 3. The van der Waals surface area contributed by atoms with E-state index >= 15 is 0 Å². The zero-order chi connectivity index (χ0) is 13.8. The number of methoxy groups -OCH3 is 1. The van der Waals surface area contributed by atoms with Crippen molar-refractivity contribution in [3.63, 3.8) is 0 Å². The van der Waals surface area contributed by atoms with E-state index in [4.69, 9.17) is 5.73 Å². The van der Waals surface area contributed by atoms with Crippen LogP contribution >= 0.6 is 0 Å². The molecule has 0 heterocycles. The SMILES string of the molecule is COC(=O)CCNc1ccc(N)cc1C(F)(F)F. The van der Waals surface area contributed by atoms with Crippen LogP contribution in [0.4, 0.5) is 24.5 Å². The molecular formula is C11H13F3N2O2. The van der Waals surface area contributed by atoms with Gasteiger partial charge in [0.1, 0.15) is 0 Å². The molecular weight excluding hydrogens is 249 g/mol. The summed E-state index contributed by atoms with van der Waals surface area (Å²) in [5.41, 5.74) is 4.38. The third-order valence-corrected chi connectivity index (χ3v) is 2.22. The minimum atomic E-state index is -4.50. The fraction of sp³-hybridized carbons (Fsp3) is 0.364. The van der Waals surface area contributed by atoms with E-state index in [2.05, 4.69) is 10.1 Å². The number of hydrogen-bond donors (Lipinski definition) is 2. The molecule has 0 saturated carbocycles. The maximum atomic E-state index is 12.7. The van der Waals surface area contributed by atoms with E-state index in [-0.39, 0.29) is 24.3 Å². The first-order chi connectivity index (χ1) is 8.34. The number of rotatable bonds is 4. The lowest BCUT2D eigenvalue weighted by atomic mass is 10.1. The topological polar surface area (TPSA) is 64.3 Å². The summed E-state index contributed by atoms with van der Waals surface area (Å²) in [4.78, 5) is 10.8. The van der Waals surface area contributed by atoms with Crippen molar-refractivity contribution < 1.29 is 22.7 Å². The van der Waals surface area contributed by atoms with Crippen molar-refractivity contribution in [1.29, 1.82) is 0 Å². The summed E-state index contributed by atoms with van der Waals surface area (Å²) in [6.07, 6.45) is -4.51. The largest absolute Gasteiger partial charge is 0.469 e. The molecule has 4 nitrogen and oxygen atoms in total. The van der Waals surface area contributed by atoms with Gasteiger partial charge in [0.25, 0.3) is 0 Å². The Morgan fingerprint density at radius 2 is 2.11 bits per heavy atom. The molecule has 0 fully saturated rings. The first kappa shape index (κ1) is 14.1. The van der Waals surface area contributed by atoms with Crippen LogP contribution in [0.25, 0.3) is 0 Å². The lowest BCUT2D eigenvalue weighted by Crippen LogP contribution is -2.14.